The van der Waals surface area contributed by atoms with Gasteiger partial charge in [0.1, 0.15) is 15.8 Å². The molecule has 1 aliphatic carbocycles. The molecular formula is C23H17BrClN5O2S. The number of thiophene rings is 1. The number of anilines is 1. The van der Waals surface area contributed by atoms with Crippen LogP contribution in [0, 0.1) is 0 Å². The van der Waals surface area contributed by atoms with Gasteiger partial charge in [-0.1, -0.05) is 29.8 Å². The zero-order chi connectivity index (χ0) is 23.0. The molecule has 5 rings (SSSR count). The quantitative estimate of drug-likeness (QED) is 0.357. The van der Waals surface area contributed by atoms with Crippen molar-refractivity contribution in [3.63, 3.8) is 0 Å². The molecule has 2 unspecified atom stereocenters. The van der Waals surface area contributed by atoms with E-state index < -0.39 is 11.4 Å². The second-order valence-corrected chi connectivity index (χ2v) is 9.63. The molecule has 0 saturated heterocycles. The van der Waals surface area contributed by atoms with Crippen molar-refractivity contribution in [1.82, 2.24) is 20.1 Å². The molecule has 2 atom stereocenters. The van der Waals surface area contributed by atoms with Crippen LogP contribution in [0.1, 0.15) is 28.4 Å². The standard InChI is InChI=1S/C23H17BrClN5O2S/c24-19-11-18(30(29-19)20-17(25)7-4-9-26-20)21(31)28-23(12-16(23)14-8-10-33-13-14)22(32)27-15-5-2-1-3-6-15/h1-11,13,16H,12H2,(H,27,32)(H,28,31). The molecule has 0 aliphatic heterocycles. The van der Waals surface area contributed by atoms with Crippen LogP contribution in [0.5, 0.6) is 0 Å². The predicted octanol–water partition coefficient (Wildman–Crippen LogP) is 5.04. The smallest absolute Gasteiger partial charge is 0.271 e. The highest BCUT2D eigenvalue weighted by Crippen LogP contribution is 2.52. The van der Waals surface area contributed by atoms with Gasteiger partial charge in [-0.05, 0) is 69.0 Å². The molecule has 2 amide bonds. The summed E-state index contributed by atoms with van der Waals surface area (Å²) in [6, 6.07) is 16.1. The molecule has 0 radical (unpaired) electrons. The Bertz CT molecular complexity index is 1330. The number of para-hydroxylation sites is 1. The zero-order valence-corrected chi connectivity index (χ0v) is 20.2. The lowest BCUT2D eigenvalue weighted by atomic mass is 10.1. The van der Waals surface area contributed by atoms with Crippen molar-refractivity contribution >= 4 is 56.4 Å². The molecule has 4 aromatic rings. The van der Waals surface area contributed by atoms with E-state index in [0.29, 0.717) is 27.6 Å². The highest BCUT2D eigenvalue weighted by Gasteiger charge is 2.62. The first kappa shape index (κ1) is 21.8. The first-order valence-corrected chi connectivity index (χ1v) is 12.2. The number of carbonyl (C=O) groups is 2. The lowest BCUT2D eigenvalue weighted by molar-refractivity contribution is -0.119. The maximum atomic E-state index is 13.5. The fourth-order valence-corrected chi connectivity index (χ4v) is 5.12. The number of carbonyl (C=O) groups excluding carboxylic acids is 2. The maximum Gasteiger partial charge on any atom is 0.271 e. The molecule has 3 heterocycles. The first-order chi connectivity index (χ1) is 16.0. The summed E-state index contributed by atoms with van der Waals surface area (Å²) in [5.41, 5.74) is 0.820. The number of pyridine rings is 1. The molecular weight excluding hydrogens is 526 g/mol. The Hall–Kier alpha value is -3.01. The Labute approximate surface area is 206 Å². The molecule has 0 bridgehead atoms. The number of halogens is 2. The van der Waals surface area contributed by atoms with Gasteiger partial charge in [-0.2, -0.15) is 16.4 Å². The normalized spacial score (nSPS) is 19.2. The van der Waals surface area contributed by atoms with E-state index >= 15 is 0 Å². The lowest BCUT2D eigenvalue weighted by Gasteiger charge is -2.19. The van der Waals surface area contributed by atoms with Crippen LogP contribution in [0.3, 0.4) is 0 Å². The summed E-state index contributed by atoms with van der Waals surface area (Å²) in [5, 5.41) is 14.6. The van der Waals surface area contributed by atoms with E-state index in [2.05, 4.69) is 36.6 Å². The molecule has 7 nitrogen and oxygen atoms in total. The number of rotatable bonds is 6. The molecule has 33 heavy (non-hydrogen) atoms. The number of nitrogens with one attached hydrogen (secondary N) is 2. The van der Waals surface area contributed by atoms with Crippen molar-refractivity contribution in [2.75, 3.05) is 5.32 Å². The minimum absolute atomic E-state index is 0.130. The molecule has 0 spiro atoms. The van der Waals surface area contributed by atoms with Crippen LogP contribution in [0.2, 0.25) is 5.02 Å². The first-order valence-electron chi connectivity index (χ1n) is 10.1. The number of amides is 2. The number of aromatic nitrogens is 3. The van der Waals surface area contributed by atoms with Crippen molar-refractivity contribution in [1.29, 1.82) is 0 Å². The van der Waals surface area contributed by atoms with E-state index in [1.165, 1.54) is 4.68 Å². The van der Waals surface area contributed by atoms with Crippen molar-refractivity contribution in [3.05, 3.63) is 92.4 Å². The molecule has 2 N–H and O–H groups in total. The third-order valence-corrected chi connectivity index (χ3v) is 6.92. The SMILES string of the molecule is O=C(NC1(C(=O)Nc2ccccc2)CC1c1ccsc1)c1cc(Br)nn1-c1ncccc1Cl. The van der Waals surface area contributed by atoms with Crippen molar-refractivity contribution in [2.45, 2.75) is 17.9 Å². The van der Waals surface area contributed by atoms with Crippen LogP contribution in [0.25, 0.3) is 5.82 Å². The summed E-state index contributed by atoms with van der Waals surface area (Å²) in [6.07, 6.45) is 2.06. The highest BCUT2D eigenvalue weighted by molar-refractivity contribution is 9.10. The molecule has 1 saturated carbocycles. The van der Waals surface area contributed by atoms with Gasteiger partial charge >= 0.3 is 0 Å². The van der Waals surface area contributed by atoms with Crippen molar-refractivity contribution in [3.8, 4) is 5.82 Å². The average molecular weight is 543 g/mol. The minimum Gasteiger partial charge on any atom is -0.336 e. The van der Waals surface area contributed by atoms with Gasteiger partial charge in [0.15, 0.2) is 5.82 Å². The van der Waals surface area contributed by atoms with Gasteiger partial charge in [0, 0.05) is 23.9 Å². The van der Waals surface area contributed by atoms with Crippen LogP contribution in [-0.4, -0.2) is 32.1 Å². The summed E-state index contributed by atoms with van der Waals surface area (Å²) in [4.78, 5) is 31.1. The van der Waals surface area contributed by atoms with Crippen LogP contribution in [0.4, 0.5) is 5.69 Å². The second kappa shape index (κ2) is 8.74. The van der Waals surface area contributed by atoms with E-state index in [-0.39, 0.29) is 17.5 Å². The Morgan fingerprint density at radius 2 is 2.00 bits per heavy atom. The lowest BCUT2D eigenvalue weighted by Crippen LogP contribution is -2.48. The molecule has 1 aromatic carbocycles. The largest absolute Gasteiger partial charge is 0.336 e. The summed E-state index contributed by atoms with van der Waals surface area (Å²) in [6.45, 7) is 0. The topological polar surface area (TPSA) is 88.9 Å². The Balaban J connectivity index is 1.47. The summed E-state index contributed by atoms with van der Waals surface area (Å²) in [5.74, 6) is -0.521. The summed E-state index contributed by atoms with van der Waals surface area (Å²) in [7, 11) is 0. The Morgan fingerprint density at radius 3 is 2.73 bits per heavy atom. The van der Waals surface area contributed by atoms with E-state index in [1.807, 2.05) is 47.2 Å². The van der Waals surface area contributed by atoms with E-state index in [0.717, 1.165) is 5.56 Å². The molecule has 1 fully saturated rings. The molecule has 10 heteroatoms. The fourth-order valence-electron chi connectivity index (χ4n) is 3.82. The van der Waals surface area contributed by atoms with Gasteiger partial charge in [-0.15, -0.1) is 0 Å². The number of benzene rings is 1. The Morgan fingerprint density at radius 1 is 1.18 bits per heavy atom. The average Bonchev–Trinajstić information content (AvgIpc) is 3.14. The van der Waals surface area contributed by atoms with Gasteiger partial charge in [-0.25, -0.2) is 9.67 Å². The van der Waals surface area contributed by atoms with Crippen LogP contribution < -0.4 is 10.6 Å². The second-order valence-electron chi connectivity index (χ2n) is 7.63. The minimum atomic E-state index is -1.08. The summed E-state index contributed by atoms with van der Waals surface area (Å²) >= 11 is 11.2. The van der Waals surface area contributed by atoms with Crippen molar-refractivity contribution < 1.29 is 9.59 Å². The van der Waals surface area contributed by atoms with Gasteiger partial charge in [-0.3, -0.25) is 9.59 Å². The third-order valence-electron chi connectivity index (χ3n) is 5.53. The molecule has 1 aliphatic rings. The van der Waals surface area contributed by atoms with Gasteiger partial charge < -0.3 is 10.6 Å². The third kappa shape index (κ3) is 4.19. The highest BCUT2D eigenvalue weighted by atomic mass is 79.9. The molecule has 3 aromatic heterocycles. The number of hydrogen-bond donors (Lipinski definition) is 2. The van der Waals surface area contributed by atoms with Crippen molar-refractivity contribution in [2.24, 2.45) is 0 Å². The van der Waals surface area contributed by atoms with Crippen LogP contribution in [-0.2, 0) is 4.79 Å². The van der Waals surface area contributed by atoms with Gasteiger partial charge in [0.25, 0.3) is 11.8 Å². The fraction of sp³-hybridized carbons (Fsp3) is 0.130. The van der Waals surface area contributed by atoms with E-state index in [9.17, 15) is 9.59 Å². The van der Waals surface area contributed by atoms with Gasteiger partial charge in [0.05, 0.1) is 5.02 Å². The number of hydrogen-bond acceptors (Lipinski definition) is 5. The number of nitrogens with zero attached hydrogens (tertiary/aromatic N) is 3. The van der Waals surface area contributed by atoms with Gasteiger partial charge in [0.2, 0.25) is 0 Å². The van der Waals surface area contributed by atoms with E-state index in [1.54, 1.807) is 35.7 Å². The Kier molecular flexibility index (Phi) is 5.77. The van der Waals surface area contributed by atoms with Crippen LogP contribution in [0.15, 0.2) is 76.2 Å². The summed E-state index contributed by atoms with van der Waals surface area (Å²) < 4.78 is 1.81. The predicted molar refractivity (Wildman–Crippen MR) is 131 cm³/mol. The monoisotopic (exact) mass is 541 g/mol. The van der Waals surface area contributed by atoms with E-state index in [4.69, 9.17) is 11.6 Å². The zero-order valence-electron chi connectivity index (χ0n) is 17.0. The molecule has 166 valence electrons. The van der Waals surface area contributed by atoms with Crippen LogP contribution >= 0.6 is 38.9 Å². The maximum absolute atomic E-state index is 13.5.